The van der Waals surface area contributed by atoms with Gasteiger partial charge in [0.1, 0.15) is 0 Å². The molecule has 1 rings (SSSR count). The Kier molecular flexibility index (Phi) is 7.34. The first-order valence-electron chi connectivity index (χ1n) is 7.25. The molecule has 112 valence electrons. The maximum Gasteiger partial charge on any atom is 0.241 e. The molecule has 0 aromatic rings. The molecule has 1 N–H and O–H groups in total. The molecule has 1 saturated heterocycles. The van der Waals surface area contributed by atoms with Crippen LogP contribution < -0.4 is 5.32 Å². The summed E-state index contributed by atoms with van der Waals surface area (Å²) in [6.07, 6.45) is 2.22. The second kappa shape index (κ2) is 8.51. The SMILES string of the molecule is CCCC1NC(C(C)C)C(=O)N1CCOCCOC. The zero-order chi connectivity index (χ0) is 14.3. The Morgan fingerprint density at radius 2 is 2.05 bits per heavy atom. The second-order valence-corrected chi connectivity index (χ2v) is 5.33. The van der Waals surface area contributed by atoms with Gasteiger partial charge in [-0.25, -0.2) is 0 Å². The Balaban J connectivity index is 2.44. The van der Waals surface area contributed by atoms with Gasteiger partial charge in [0.05, 0.1) is 32.0 Å². The maximum atomic E-state index is 12.3. The van der Waals surface area contributed by atoms with Crippen LogP contribution in [0.25, 0.3) is 0 Å². The molecule has 0 aromatic heterocycles. The van der Waals surface area contributed by atoms with Gasteiger partial charge in [0.2, 0.25) is 5.91 Å². The normalized spacial score (nSPS) is 23.6. The van der Waals surface area contributed by atoms with Crippen LogP contribution in [0.4, 0.5) is 0 Å². The summed E-state index contributed by atoms with van der Waals surface area (Å²) in [4.78, 5) is 14.3. The fourth-order valence-electron chi connectivity index (χ4n) is 2.36. The van der Waals surface area contributed by atoms with Gasteiger partial charge in [-0.3, -0.25) is 10.1 Å². The van der Waals surface area contributed by atoms with Gasteiger partial charge in [-0.05, 0) is 12.3 Å². The van der Waals surface area contributed by atoms with Crippen LogP contribution in [0.2, 0.25) is 0 Å². The van der Waals surface area contributed by atoms with E-state index >= 15 is 0 Å². The van der Waals surface area contributed by atoms with Crippen LogP contribution in [0.5, 0.6) is 0 Å². The molecule has 1 aliphatic rings. The highest BCUT2D eigenvalue weighted by Crippen LogP contribution is 2.19. The van der Waals surface area contributed by atoms with Crippen LogP contribution in [0.1, 0.15) is 33.6 Å². The first-order chi connectivity index (χ1) is 9.11. The first-order valence-corrected chi connectivity index (χ1v) is 7.25. The molecule has 0 spiro atoms. The Hall–Kier alpha value is -0.650. The Labute approximate surface area is 116 Å². The Bertz CT molecular complexity index is 271. The number of carbonyl (C=O) groups excluding carboxylic acids is 1. The Morgan fingerprint density at radius 3 is 2.63 bits per heavy atom. The van der Waals surface area contributed by atoms with Gasteiger partial charge in [-0.15, -0.1) is 0 Å². The van der Waals surface area contributed by atoms with Crippen molar-refractivity contribution in [3.8, 4) is 0 Å². The average molecular weight is 272 g/mol. The number of ether oxygens (including phenoxy) is 2. The summed E-state index contributed by atoms with van der Waals surface area (Å²) in [6.45, 7) is 8.71. The summed E-state index contributed by atoms with van der Waals surface area (Å²) >= 11 is 0. The highest BCUT2D eigenvalue weighted by Gasteiger charge is 2.39. The summed E-state index contributed by atoms with van der Waals surface area (Å²) in [6, 6.07) is -0.0458. The average Bonchev–Trinajstić information content (AvgIpc) is 2.67. The lowest BCUT2D eigenvalue weighted by atomic mass is 10.1. The third-order valence-corrected chi connectivity index (χ3v) is 3.43. The van der Waals surface area contributed by atoms with Crippen LogP contribution in [0.15, 0.2) is 0 Å². The molecule has 5 heteroatoms. The molecule has 0 aromatic carbocycles. The van der Waals surface area contributed by atoms with E-state index in [-0.39, 0.29) is 18.1 Å². The number of nitrogens with zero attached hydrogens (tertiary/aromatic N) is 1. The number of amides is 1. The fourth-order valence-corrected chi connectivity index (χ4v) is 2.36. The van der Waals surface area contributed by atoms with Gasteiger partial charge in [-0.2, -0.15) is 0 Å². The van der Waals surface area contributed by atoms with Crippen molar-refractivity contribution in [3.63, 3.8) is 0 Å². The molecule has 19 heavy (non-hydrogen) atoms. The molecule has 5 nitrogen and oxygen atoms in total. The van der Waals surface area contributed by atoms with Gasteiger partial charge in [-0.1, -0.05) is 27.2 Å². The van der Waals surface area contributed by atoms with E-state index in [1.54, 1.807) is 7.11 Å². The number of carbonyl (C=O) groups is 1. The van der Waals surface area contributed by atoms with E-state index in [9.17, 15) is 4.79 Å². The van der Waals surface area contributed by atoms with Crippen molar-refractivity contribution in [2.45, 2.75) is 45.8 Å². The summed E-state index contributed by atoms with van der Waals surface area (Å²) in [5.74, 6) is 0.537. The quantitative estimate of drug-likeness (QED) is 0.642. The zero-order valence-corrected chi connectivity index (χ0v) is 12.6. The molecule has 0 radical (unpaired) electrons. The van der Waals surface area contributed by atoms with Crippen molar-refractivity contribution in [1.29, 1.82) is 0 Å². The van der Waals surface area contributed by atoms with Crippen molar-refractivity contribution < 1.29 is 14.3 Å². The minimum Gasteiger partial charge on any atom is -0.382 e. The summed E-state index contributed by atoms with van der Waals surface area (Å²) in [5, 5.41) is 3.44. The number of hydrogen-bond acceptors (Lipinski definition) is 4. The highest BCUT2D eigenvalue weighted by atomic mass is 16.5. The van der Waals surface area contributed by atoms with E-state index in [0.29, 0.717) is 32.3 Å². The molecule has 0 bridgehead atoms. The predicted octanol–water partition coefficient (Wildman–Crippen LogP) is 1.23. The van der Waals surface area contributed by atoms with E-state index in [4.69, 9.17) is 9.47 Å². The summed E-state index contributed by atoms with van der Waals surface area (Å²) in [7, 11) is 1.65. The van der Waals surface area contributed by atoms with Gasteiger partial charge in [0, 0.05) is 13.7 Å². The van der Waals surface area contributed by atoms with Gasteiger partial charge in [0.15, 0.2) is 0 Å². The molecule has 2 unspecified atom stereocenters. The molecule has 0 saturated carbocycles. The summed E-state index contributed by atoms with van der Waals surface area (Å²) < 4.78 is 10.4. The van der Waals surface area contributed by atoms with E-state index < -0.39 is 0 Å². The molecule has 1 fully saturated rings. The van der Waals surface area contributed by atoms with Crippen LogP contribution >= 0.6 is 0 Å². The van der Waals surface area contributed by atoms with Crippen LogP contribution in [0, 0.1) is 5.92 Å². The van der Waals surface area contributed by atoms with Crippen molar-refractivity contribution in [2.75, 3.05) is 33.5 Å². The van der Waals surface area contributed by atoms with Crippen molar-refractivity contribution in [3.05, 3.63) is 0 Å². The standard InChI is InChI=1S/C14H28N2O3/c1-5-6-12-15-13(11(2)3)14(17)16(12)7-8-19-10-9-18-4/h11-13,15H,5-10H2,1-4H3. The third kappa shape index (κ3) is 4.75. The first kappa shape index (κ1) is 16.4. The number of rotatable bonds is 9. The largest absolute Gasteiger partial charge is 0.382 e. The number of hydrogen-bond donors (Lipinski definition) is 1. The predicted molar refractivity (Wildman–Crippen MR) is 74.9 cm³/mol. The lowest BCUT2D eigenvalue weighted by Crippen LogP contribution is -2.39. The van der Waals surface area contributed by atoms with Crippen molar-refractivity contribution in [2.24, 2.45) is 5.92 Å². The molecule has 1 amide bonds. The van der Waals surface area contributed by atoms with E-state index in [0.717, 1.165) is 12.8 Å². The smallest absolute Gasteiger partial charge is 0.241 e. The van der Waals surface area contributed by atoms with E-state index in [2.05, 4.69) is 26.1 Å². The maximum absolute atomic E-state index is 12.3. The third-order valence-electron chi connectivity index (χ3n) is 3.43. The van der Waals surface area contributed by atoms with Crippen LogP contribution in [-0.4, -0.2) is 56.5 Å². The van der Waals surface area contributed by atoms with Crippen LogP contribution in [0.3, 0.4) is 0 Å². The van der Waals surface area contributed by atoms with Crippen molar-refractivity contribution in [1.82, 2.24) is 10.2 Å². The molecule has 2 atom stereocenters. The zero-order valence-electron chi connectivity index (χ0n) is 12.6. The lowest BCUT2D eigenvalue weighted by Gasteiger charge is -2.23. The molecule has 1 aliphatic heterocycles. The van der Waals surface area contributed by atoms with Gasteiger partial charge >= 0.3 is 0 Å². The topological polar surface area (TPSA) is 50.8 Å². The van der Waals surface area contributed by atoms with Gasteiger partial charge in [0.25, 0.3) is 0 Å². The van der Waals surface area contributed by atoms with Crippen LogP contribution in [-0.2, 0) is 14.3 Å². The Morgan fingerprint density at radius 1 is 1.32 bits per heavy atom. The minimum atomic E-state index is -0.0458. The minimum absolute atomic E-state index is 0.0458. The summed E-state index contributed by atoms with van der Waals surface area (Å²) in [5.41, 5.74) is 0. The van der Waals surface area contributed by atoms with E-state index in [1.807, 2.05) is 4.90 Å². The van der Waals surface area contributed by atoms with E-state index in [1.165, 1.54) is 0 Å². The van der Waals surface area contributed by atoms with Gasteiger partial charge < -0.3 is 14.4 Å². The molecule has 0 aliphatic carbocycles. The number of nitrogens with one attached hydrogen (secondary N) is 1. The second-order valence-electron chi connectivity index (χ2n) is 5.33. The van der Waals surface area contributed by atoms with Crippen molar-refractivity contribution >= 4 is 5.91 Å². The molecular formula is C14H28N2O3. The molecule has 1 heterocycles. The number of methoxy groups -OCH3 is 1. The fraction of sp³-hybridized carbons (Fsp3) is 0.929. The monoisotopic (exact) mass is 272 g/mol. The lowest BCUT2D eigenvalue weighted by molar-refractivity contribution is -0.131. The highest BCUT2D eigenvalue weighted by molar-refractivity contribution is 5.84. The molecular weight excluding hydrogens is 244 g/mol.